The molecule has 1 aliphatic rings. The van der Waals surface area contributed by atoms with E-state index in [9.17, 15) is 0 Å². The zero-order valence-corrected chi connectivity index (χ0v) is 7.84. The average Bonchev–Trinajstić information content (AvgIpc) is 2.13. The van der Waals surface area contributed by atoms with Gasteiger partial charge >= 0.3 is 0 Å². The highest BCUT2D eigenvalue weighted by Gasteiger charge is 2.18. The Bertz CT molecular complexity index is 109. The first kappa shape index (κ1) is 9.05. The second-order valence-corrected chi connectivity index (χ2v) is 4.27. The maximum absolute atomic E-state index is 5.90. The predicted molar refractivity (Wildman–Crippen MR) is 49.4 cm³/mol. The second-order valence-electron chi connectivity index (χ2n) is 4.27. The van der Waals surface area contributed by atoms with Gasteiger partial charge in [-0.05, 0) is 31.1 Å². The van der Waals surface area contributed by atoms with Crippen molar-refractivity contribution in [2.45, 2.75) is 52.0 Å². The first-order valence-corrected chi connectivity index (χ1v) is 4.95. The molecule has 0 heterocycles. The van der Waals surface area contributed by atoms with E-state index in [-0.39, 0.29) is 0 Å². The number of hydrogen-bond donors (Lipinski definition) is 1. The van der Waals surface area contributed by atoms with Crippen LogP contribution in [0.5, 0.6) is 0 Å². The van der Waals surface area contributed by atoms with Crippen LogP contribution >= 0.6 is 0 Å². The van der Waals surface area contributed by atoms with Gasteiger partial charge in [0.15, 0.2) is 0 Å². The summed E-state index contributed by atoms with van der Waals surface area (Å²) in [5.74, 6) is 1.81. The Hall–Kier alpha value is -0.0400. The molecule has 11 heavy (non-hydrogen) atoms. The lowest BCUT2D eigenvalue weighted by molar-refractivity contribution is 0.341. The molecule has 66 valence electrons. The Morgan fingerprint density at radius 3 is 2.45 bits per heavy atom. The molecule has 0 saturated heterocycles. The summed E-state index contributed by atoms with van der Waals surface area (Å²) in [6, 6.07) is 0.499. The lowest BCUT2D eigenvalue weighted by atomic mass is 9.89. The zero-order chi connectivity index (χ0) is 8.27. The van der Waals surface area contributed by atoms with Gasteiger partial charge in [0.2, 0.25) is 0 Å². The molecule has 0 aromatic heterocycles. The summed E-state index contributed by atoms with van der Waals surface area (Å²) < 4.78 is 0. The van der Waals surface area contributed by atoms with Gasteiger partial charge in [-0.3, -0.25) is 0 Å². The van der Waals surface area contributed by atoms with Gasteiger partial charge in [-0.2, -0.15) is 0 Å². The van der Waals surface area contributed by atoms with Crippen molar-refractivity contribution in [3.05, 3.63) is 0 Å². The molecule has 1 rings (SSSR count). The quantitative estimate of drug-likeness (QED) is 0.579. The van der Waals surface area contributed by atoms with Crippen LogP contribution in [0.15, 0.2) is 0 Å². The third-order valence-electron chi connectivity index (χ3n) is 3.00. The molecule has 0 aromatic rings. The van der Waals surface area contributed by atoms with Crippen LogP contribution in [0.1, 0.15) is 46.0 Å². The van der Waals surface area contributed by atoms with E-state index in [1.807, 2.05) is 0 Å². The van der Waals surface area contributed by atoms with Crippen LogP contribution in [0.4, 0.5) is 0 Å². The van der Waals surface area contributed by atoms with E-state index in [4.69, 9.17) is 5.73 Å². The minimum atomic E-state index is 0.499. The summed E-state index contributed by atoms with van der Waals surface area (Å²) in [6.07, 6.45) is 6.63. The first-order valence-electron chi connectivity index (χ1n) is 4.95. The van der Waals surface area contributed by atoms with Crippen LogP contribution in [-0.4, -0.2) is 6.04 Å². The van der Waals surface area contributed by atoms with Crippen LogP contribution in [0.2, 0.25) is 0 Å². The highest BCUT2D eigenvalue weighted by atomic mass is 14.6. The van der Waals surface area contributed by atoms with Crippen molar-refractivity contribution >= 4 is 0 Å². The Balaban J connectivity index is 2.34. The highest BCUT2D eigenvalue weighted by Crippen LogP contribution is 2.27. The van der Waals surface area contributed by atoms with Gasteiger partial charge in [0.25, 0.3) is 0 Å². The van der Waals surface area contributed by atoms with E-state index in [1.54, 1.807) is 0 Å². The maximum atomic E-state index is 5.90. The van der Waals surface area contributed by atoms with Crippen molar-refractivity contribution in [2.24, 2.45) is 17.6 Å². The Morgan fingerprint density at radius 1 is 1.09 bits per heavy atom. The van der Waals surface area contributed by atoms with Gasteiger partial charge in [0.05, 0.1) is 0 Å². The molecule has 0 spiro atoms. The largest absolute Gasteiger partial charge is 0.328 e. The molecule has 0 amide bonds. The lowest BCUT2D eigenvalue weighted by Gasteiger charge is -2.17. The molecule has 0 aromatic carbocycles. The van der Waals surface area contributed by atoms with E-state index in [0.717, 1.165) is 11.8 Å². The first-order chi connectivity index (χ1) is 5.20. The van der Waals surface area contributed by atoms with Gasteiger partial charge in [0, 0.05) is 6.04 Å². The van der Waals surface area contributed by atoms with E-state index < -0.39 is 0 Å². The Kier molecular flexibility index (Phi) is 3.38. The van der Waals surface area contributed by atoms with Crippen LogP contribution in [0, 0.1) is 11.8 Å². The van der Waals surface area contributed by atoms with Crippen molar-refractivity contribution in [3.63, 3.8) is 0 Å². The van der Waals surface area contributed by atoms with Crippen molar-refractivity contribution in [1.82, 2.24) is 0 Å². The Morgan fingerprint density at radius 2 is 1.82 bits per heavy atom. The van der Waals surface area contributed by atoms with Crippen molar-refractivity contribution < 1.29 is 0 Å². The Labute approximate surface area is 70.4 Å². The van der Waals surface area contributed by atoms with Gasteiger partial charge in [-0.15, -0.1) is 0 Å². The molecule has 0 radical (unpaired) electrons. The molecule has 1 fully saturated rings. The van der Waals surface area contributed by atoms with Crippen molar-refractivity contribution in [2.75, 3.05) is 0 Å². The molecule has 0 unspecified atom stereocenters. The second kappa shape index (κ2) is 4.10. The predicted octanol–water partition coefficient (Wildman–Crippen LogP) is 2.55. The van der Waals surface area contributed by atoms with E-state index in [1.165, 1.54) is 32.1 Å². The summed E-state index contributed by atoms with van der Waals surface area (Å²) in [5.41, 5.74) is 5.90. The minimum Gasteiger partial charge on any atom is -0.328 e. The maximum Gasteiger partial charge on any atom is 0.00389 e. The molecular formula is C10H21N. The lowest BCUT2D eigenvalue weighted by Crippen LogP contribution is -2.18. The van der Waals surface area contributed by atoms with Crippen LogP contribution in [-0.2, 0) is 0 Å². The van der Waals surface area contributed by atoms with Crippen LogP contribution < -0.4 is 5.73 Å². The smallest absolute Gasteiger partial charge is 0.00389 e. The summed E-state index contributed by atoms with van der Waals surface area (Å²) in [6.45, 7) is 4.67. The molecule has 1 nitrogen and oxygen atoms in total. The fourth-order valence-corrected chi connectivity index (χ4v) is 2.03. The highest BCUT2D eigenvalue weighted by molar-refractivity contribution is 4.73. The van der Waals surface area contributed by atoms with Gasteiger partial charge < -0.3 is 5.73 Å². The molecule has 1 heteroatoms. The van der Waals surface area contributed by atoms with Crippen molar-refractivity contribution in [3.8, 4) is 0 Å². The summed E-state index contributed by atoms with van der Waals surface area (Å²) >= 11 is 0. The summed E-state index contributed by atoms with van der Waals surface area (Å²) in [4.78, 5) is 0. The SMILES string of the molecule is CC(C)[C@H]1CCC[C@H](N)CC1. The molecule has 0 bridgehead atoms. The number of nitrogens with two attached hydrogens (primary N) is 1. The van der Waals surface area contributed by atoms with E-state index in [2.05, 4.69) is 13.8 Å². The molecule has 1 aliphatic carbocycles. The molecule has 1 saturated carbocycles. The van der Waals surface area contributed by atoms with E-state index >= 15 is 0 Å². The zero-order valence-electron chi connectivity index (χ0n) is 7.84. The molecular weight excluding hydrogens is 134 g/mol. The van der Waals surface area contributed by atoms with Crippen LogP contribution in [0.25, 0.3) is 0 Å². The van der Waals surface area contributed by atoms with Gasteiger partial charge in [-0.1, -0.05) is 26.7 Å². The standard InChI is InChI=1S/C10H21N/c1-8(2)9-4-3-5-10(11)7-6-9/h8-10H,3-7,11H2,1-2H3/t9-,10-/m0/s1. The average molecular weight is 155 g/mol. The topological polar surface area (TPSA) is 26.0 Å². The third kappa shape index (κ3) is 2.82. The fraction of sp³-hybridized carbons (Fsp3) is 1.00. The molecule has 0 aliphatic heterocycles. The number of hydrogen-bond acceptors (Lipinski definition) is 1. The number of rotatable bonds is 1. The van der Waals surface area contributed by atoms with Crippen LogP contribution in [0.3, 0.4) is 0 Å². The van der Waals surface area contributed by atoms with Crippen molar-refractivity contribution in [1.29, 1.82) is 0 Å². The fourth-order valence-electron chi connectivity index (χ4n) is 2.03. The normalized spacial score (nSPS) is 33.8. The van der Waals surface area contributed by atoms with E-state index in [0.29, 0.717) is 6.04 Å². The van der Waals surface area contributed by atoms with Gasteiger partial charge in [0.1, 0.15) is 0 Å². The minimum absolute atomic E-state index is 0.499. The molecule has 2 N–H and O–H groups in total. The molecule has 2 atom stereocenters. The summed E-state index contributed by atoms with van der Waals surface area (Å²) in [5, 5.41) is 0. The third-order valence-corrected chi connectivity index (χ3v) is 3.00. The monoisotopic (exact) mass is 155 g/mol. The summed E-state index contributed by atoms with van der Waals surface area (Å²) in [7, 11) is 0. The van der Waals surface area contributed by atoms with Gasteiger partial charge in [-0.25, -0.2) is 0 Å².